The molecule has 2 aliphatic heterocycles. The monoisotopic (exact) mass is 518 g/mol. The first-order valence-electron chi connectivity index (χ1n) is 12.9. The minimum Gasteiger partial charge on any atom is -0.383 e. The van der Waals surface area contributed by atoms with Crippen LogP contribution in [0.25, 0.3) is 0 Å². The number of amidine groups is 2. The zero-order valence-corrected chi connectivity index (χ0v) is 21.7. The summed E-state index contributed by atoms with van der Waals surface area (Å²) in [5, 5.41) is 21.3. The second kappa shape index (κ2) is 11.7. The maximum atomic E-state index is 9.01. The van der Waals surface area contributed by atoms with Crippen LogP contribution in [0.2, 0.25) is 0 Å². The Bertz CT molecular complexity index is 1470. The Morgan fingerprint density at radius 2 is 1.92 bits per heavy atom. The highest BCUT2D eigenvalue weighted by Crippen LogP contribution is 2.29. The molecule has 4 heterocycles. The lowest BCUT2D eigenvalue weighted by Crippen LogP contribution is -2.38. The normalized spacial score (nSPS) is 17.5. The highest BCUT2D eigenvalue weighted by Gasteiger charge is 2.30. The van der Waals surface area contributed by atoms with E-state index in [1.54, 1.807) is 18.5 Å². The molecule has 2 aliphatic rings. The topological polar surface area (TPSA) is 143 Å². The minimum atomic E-state index is 0.178. The summed E-state index contributed by atoms with van der Waals surface area (Å²) in [5.41, 5.74) is 9.48. The number of pyridine rings is 1. The average molecular weight is 519 g/mol. The van der Waals surface area contributed by atoms with Crippen molar-refractivity contribution in [2.45, 2.75) is 32.4 Å². The number of aliphatic imine (C=N–C) groups is 1. The van der Waals surface area contributed by atoms with E-state index in [1.165, 1.54) is 5.56 Å². The number of nitriles is 1. The van der Waals surface area contributed by atoms with Gasteiger partial charge in [0.25, 0.3) is 0 Å². The number of nitrogen functional groups attached to an aromatic ring is 1. The fourth-order valence-corrected chi connectivity index (χ4v) is 4.73. The summed E-state index contributed by atoms with van der Waals surface area (Å²) in [4.78, 5) is 21.4. The fourth-order valence-electron chi connectivity index (χ4n) is 4.73. The lowest BCUT2D eigenvalue weighted by Gasteiger charge is -2.32. The van der Waals surface area contributed by atoms with Crippen molar-refractivity contribution in [3.63, 3.8) is 0 Å². The van der Waals surface area contributed by atoms with E-state index in [4.69, 9.17) is 21.4 Å². The number of aromatic nitrogens is 3. The van der Waals surface area contributed by atoms with Gasteiger partial charge in [-0.3, -0.25) is 15.2 Å². The molecule has 2 aromatic heterocycles. The molecular formula is C29H30N10. The van der Waals surface area contributed by atoms with Gasteiger partial charge in [-0.15, -0.1) is 0 Å². The molecule has 1 saturated heterocycles. The number of benzene rings is 1. The molecule has 0 radical (unpaired) electrons. The summed E-state index contributed by atoms with van der Waals surface area (Å²) in [6.07, 6.45) is 10.8. The van der Waals surface area contributed by atoms with E-state index in [2.05, 4.69) is 37.3 Å². The van der Waals surface area contributed by atoms with Crippen molar-refractivity contribution in [2.24, 2.45) is 4.99 Å². The first-order valence-corrected chi connectivity index (χ1v) is 12.9. The third-order valence-electron chi connectivity index (χ3n) is 6.73. The van der Waals surface area contributed by atoms with Crippen LogP contribution < -0.4 is 16.0 Å². The molecule has 1 aromatic carbocycles. The molecule has 10 nitrogen and oxygen atoms in total. The predicted octanol–water partition coefficient (Wildman–Crippen LogP) is 4.11. The third-order valence-corrected chi connectivity index (χ3v) is 6.73. The first kappa shape index (κ1) is 25.8. The van der Waals surface area contributed by atoms with Crippen molar-refractivity contribution in [2.75, 3.05) is 29.0 Å². The number of hydrogen-bond acceptors (Lipinski definition) is 9. The maximum Gasteiger partial charge on any atom is 0.234 e. The van der Waals surface area contributed by atoms with Gasteiger partial charge in [-0.25, -0.2) is 19.9 Å². The van der Waals surface area contributed by atoms with E-state index in [0.29, 0.717) is 40.6 Å². The van der Waals surface area contributed by atoms with Crippen molar-refractivity contribution in [3.05, 3.63) is 95.7 Å². The fraction of sp³-hybridized carbons (Fsp3) is 0.241. The summed E-state index contributed by atoms with van der Waals surface area (Å²) in [6, 6.07) is 16.1. The molecule has 1 fully saturated rings. The smallest absolute Gasteiger partial charge is 0.234 e. The summed E-state index contributed by atoms with van der Waals surface area (Å²) in [7, 11) is 0. The van der Waals surface area contributed by atoms with Gasteiger partial charge in [0.2, 0.25) is 5.82 Å². The number of rotatable bonds is 7. The summed E-state index contributed by atoms with van der Waals surface area (Å²) in [6.45, 7) is 4.70. The van der Waals surface area contributed by atoms with E-state index in [-0.39, 0.29) is 5.82 Å². The Morgan fingerprint density at radius 3 is 2.64 bits per heavy atom. The van der Waals surface area contributed by atoms with E-state index in [9.17, 15) is 0 Å². The number of hydrogen-bond donors (Lipinski definition) is 3. The summed E-state index contributed by atoms with van der Waals surface area (Å²) < 4.78 is 0. The average Bonchev–Trinajstić information content (AvgIpc) is 3.29. The van der Waals surface area contributed by atoms with Crippen LogP contribution >= 0.6 is 0 Å². The number of likely N-dealkylation sites (tertiary alicyclic amines) is 1. The standard InChI is InChI=1S/C29H30N10/c1-2-3-6-24-28(32)39(29(36-24)23-5-4-14-34-27(23)31)22-9-7-20(8-10-22)19-38-16-12-21(13-17-38)35-25-11-15-33-26(18-30)37-25/h2-11,14-15,21,32H,12-13,16-17,19H2,1H3,(H2,31,34)(H,33,35,37)/b3-2+,24-6+,32-28?. The van der Waals surface area contributed by atoms with Crippen LogP contribution in [0.5, 0.6) is 0 Å². The zero-order chi connectivity index (χ0) is 27.2. The largest absolute Gasteiger partial charge is 0.383 e. The molecule has 0 atom stereocenters. The minimum absolute atomic E-state index is 0.178. The number of anilines is 3. The van der Waals surface area contributed by atoms with E-state index in [1.807, 2.05) is 60.4 Å². The number of nitrogens with two attached hydrogens (primary N) is 1. The van der Waals surface area contributed by atoms with Crippen molar-refractivity contribution in [1.29, 1.82) is 10.7 Å². The van der Waals surface area contributed by atoms with Gasteiger partial charge in [-0.2, -0.15) is 5.26 Å². The van der Waals surface area contributed by atoms with Crippen LogP contribution in [-0.4, -0.2) is 50.7 Å². The molecule has 196 valence electrons. The second-order valence-corrected chi connectivity index (χ2v) is 9.37. The van der Waals surface area contributed by atoms with Crippen molar-refractivity contribution < 1.29 is 0 Å². The lowest BCUT2D eigenvalue weighted by atomic mass is 10.0. The quantitative estimate of drug-likeness (QED) is 0.424. The Kier molecular flexibility index (Phi) is 7.70. The van der Waals surface area contributed by atoms with Crippen LogP contribution in [0.1, 0.15) is 36.7 Å². The van der Waals surface area contributed by atoms with E-state index < -0.39 is 0 Å². The van der Waals surface area contributed by atoms with Gasteiger partial charge in [0.15, 0.2) is 11.7 Å². The highest BCUT2D eigenvalue weighted by molar-refractivity contribution is 6.34. The molecule has 0 amide bonds. The van der Waals surface area contributed by atoms with Crippen molar-refractivity contribution >= 4 is 29.0 Å². The van der Waals surface area contributed by atoms with Gasteiger partial charge < -0.3 is 11.1 Å². The summed E-state index contributed by atoms with van der Waals surface area (Å²) >= 11 is 0. The molecule has 4 N–H and O–H groups in total. The van der Waals surface area contributed by atoms with Gasteiger partial charge in [-0.1, -0.05) is 24.3 Å². The van der Waals surface area contributed by atoms with E-state index >= 15 is 0 Å². The molecule has 10 heteroatoms. The molecule has 0 spiro atoms. The molecule has 0 aliphatic carbocycles. The molecule has 5 rings (SSSR count). The Morgan fingerprint density at radius 1 is 1.13 bits per heavy atom. The Balaban J connectivity index is 1.25. The second-order valence-electron chi connectivity index (χ2n) is 9.37. The summed E-state index contributed by atoms with van der Waals surface area (Å²) in [5.74, 6) is 2.13. The maximum absolute atomic E-state index is 9.01. The molecule has 0 bridgehead atoms. The Labute approximate surface area is 227 Å². The number of nitrogens with one attached hydrogen (secondary N) is 2. The number of allylic oxidation sites excluding steroid dienone is 3. The van der Waals surface area contributed by atoms with Crippen LogP contribution in [0.15, 0.2) is 83.8 Å². The van der Waals surface area contributed by atoms with Gasteiger partial charge in [-0.05, 0) is 61.7 Å². The highest BCUT2D eigenvalue weighted by atomic mass is 15.3. The molecule has 0 unspecified atom stereocenters. The van der Waals surface area contributed by atoms with Gasteiger partial charge >= 0.3 is 0 Å². The van der Waals surface area contributed by atoms with Crippen molar-refractivity contribution in [1.82, 2.24) is 19.9 Å². The third kappa shape index (κ3) is 5.84. The van der Waals surface area contributed by atoms with E-state index in [0.717, 1.165) is 38.2 Å². The number of nitrogens with zero attached hydrogens (tertiary/aromatic N) is 7. The number of piperidine rings is 1. The lowest BCUT2D eigenvalue weighted by molar-refractivity contribution is 0.211. The van der Waals surface area contributed by atoms with Crippen LogP contribution in [-0.2, 0) is 6.54 Å². The van der Waals surface area contributed by atoms with Gasteiger partial charge in [0.05, 0.1) is 5.56 Å². The Hall–Kier alpha value is -4.88. The van der Waals surface area contributed by atoms with Crippen molar-refractivity contribution in [3.8, 4) is 6.07 Å². The van der Waals surface area contributed by atoms with Gasteiger partial charge in [0, 0.05) is 43.8 Å². The predicted molar refractivity (Wildman–Crippen MR) is 153 cm³/mol. The SMILES string of the molecule is C/C=C/C=C1/N=C(c2cccnc2N)N(c2ccc(CN3CCC(Nc4ccnc(C#N)n4)CC3)cc2)C1=N. The molecule has 3 aromatic rings. The molecule has 0 saturated carbocycles. The van der Waals surface area contributed by atoms with Crippen LogP contribution in [0.3, 0.4) is 0 Å². The van der Waals surface area contributed by atoms with Gasteiger partial charge in [0.1, 0.15) is 23.4 Å². The first-order chi connectivity index (χ1) is 19.1. The molecular weight excluding hydrogens is 488 g/mol. The molecule has 39 heavy (non-hydrogen) atoms. The van der Waals surface area contributed by atoms with Crippen LogP contribution in [0, 0.1) is 16.7 Å². The zero-order valence-electron chi connectivity index (χ0n) is 21.7. The van der Waals surface area contributed by atoms with Crippen LogP contribution in [0.4, 0.5) is 17.3 Å².